The molecule has 0 saturated heterocycles. The van der Waals surface area contributed by atoms with Crippen LogP contribution in [0, 0.1) is 0 Å². The van der Waals surface area contributed by atoms with E-state index < -0.39 is 30.5 Å². The van der Waals surface area contributed by atoms with Crippen LogP contribution in [0.2, 0.25) is 0 Å². The normalized spacial score (nSPS) is 11.5. The molecule has 1 rings (SSSR count). The fraction of sp³-hybridized carbons (Fsp3) is 0.400. The Bertz CT molecular complexity index is 525. The molecule has 1 atom stereocenters. The summed E-state index contributed by atoms with van der Waals surface area (Å²) in [5, 5.41) is 19.4. The van der Waals surface area contributed by atoms with Crippen LogP contribution < -0.4 is 10.1 Å². The van der Waals surface area contributed by atoms with Crippen molar-refractivity contribution in [2.45, 2.75) is 38.6 Å². The number of aliphatic carboxylic acids is 2. The van der Waals surface area contributed by atoms with Crippen LogP contribution in [-0.2, 0) is 16.0 Å². The van der Waals surface area contributed by atoms with Crippen LogP contribution in [-0.4, -0.2) is 34.3 Å². The zero-order valence-electron chi connectivity index (χ0n) is 12.2. The Morgan fingerprint density at radius 3 is 2.32 bits per heavy atom. The van der Waals surface area contributed by atoms with Crippen LogP contribution in [0.5, 0.6) is 5.75 Å². The van der Waals surface area contributed by atoms with E-state index in [0.29, 0.717) is 0 Å². The molecule has 0 fully saturated rings. The molecule has 120 valence electrons. The smallest absolute Gasteiger partial charge is 0.413 e. The van der Waals surface area contributed by atoms with E-state index in [2.05, 4.69) is 6.92 Å². The number of carbonyl (C=O) groups is 3. The lowest BCUT2D eigenvalue weighted by atomic mass is 10.1. The lowest BCUT2D eigenvalue weighted by Gasteiger charge is -2.12. The Balaban J connectivity index is 2.56. The second kappa shape index (κ2) is 8.66. The number of hydrogen-bond donors (Lipinski definition) is 3. The van der Waals surface area contributed by atoms with Crippen molar-refractivity contribution in [2.75, 3.05) is 0 Å². The lowest BCUT2D eigenvalue weighted by Crippen LogP contribution is -2.43. The van der Waals surface area contributed by atoms with Gasteiger partial charge in [-0.1, -0.05) is 25.5 Å². The van der Waals surface area contributed by atoms with Crippen molar-refractivity contribution in [1.29, 1.82) is 0 Å². The number of rotatable bonds is 8. The van der Waals surface area contributed by atoms with Crippen molar-refractivity contribution >= 4 is 18.0 Å². The molecule has 1 unspecified atom stereocenters. The Morgan fingerprint density at radius 1 is 1.18 bits per heavy atom. The molecule has 0 radical (unpaired) electrons. The number of carboxylic acids is 2. The highest BCUT2D eigenvalue weighted by molar-refractivity contribution is 5.85. The van der Waals surface area contributed by atoms with Crippen molar-refractivity contribution in [3.05, 3.63) is 29.8 Å². The van der Waals surface area contributed by atoms with Crippen molar-refractivity contribution < 1.29 is 29.3 Å². The van der Waals surface area contributed by atoms with Gasteiger partial charge in [0.2, 0.25) is 0 Å². The molecule has 7 heteroatoms. The molecular formula is C15H19NO6. The van der Waals surface area contributed by atoms with E-state index in [1.54, 1.807) is 12.1 Å². The predicted molar refractivity (Wildman–Crippen MR) is 77.9 cm³/mol. The molecule has 0 heterocycles. The number of ether oxygens (including phenoxy) is 1. The van der Waals surface area contributed by atoms with Crippen molar-refractivity contribution in [3.63, 3.8) is 0 Å². The molecule has 0 aliphatic carbocycles. The molecular weight excluding hydrogens is 290 g/mol. The summed E-state index contributed by atoms with van der Waals surface area (Å²) in [6, 6.07) is 5.33. The third kappa shape index (κ3) is 6.25. The van der Waals surface area contributed by atoms with E-state index >= 15 is 0 Å². The third-order valence-corrected chi connectivity index (χ3v) is 2.92. The van der Waals surface area contributed by atoms with Gasteiger partial charge in [-0.3, -0.25) is 4.79 Å². The summed E-state index contributed by atoms with van der Waals surface area (Å²) in [5.74, 6) is -2.50. The van der Waals surface area contributed by atoms with Crippen molar-refractivity contribution in [3.8, 4) is 5.75 Å². The molecule has 0 bridgehead atoms. The number of benzene rings is 1. The first kappa shape index (κ1) is 17.5. The van der Waals surface area contributed by atoms with Gasteiger partial charge in [-0.25, -0.2) is 9.59 Å². The summed E-state index contributed by atoms with van der Waals surface area (Å²) >= 11 is 0. The monoisotopic (exact) mass is 309 g/mol. The molecule has 0 aliphatic heterocycles. The highest BCUT2D eigenvalue weighted by Crippen LogP contribution is 2.14. The SMILES string of the molecule is CCCCc1ccc(OC(=O)NC(CC(=O)O)C(=O)O)cc1. The zero-order chi connectivity index (χ0) is 16.5. The second-order valence-corrected chi connectivity index (χ2v) is 4.77. The maximum Gasteiger partial charge on any atom is 0.413 e. The van der Waals surface area contributed by atoms with E-state index in [4.69, 9.17) is 14.9 Å². The molecule has 0 aliphatic rings. The van der Waals surface area contributed by atoms with Gasteiger partial charge in [0.1, 0.15) is 11.8 Å². The van der Waals surface area contributed by atoms with Crippen LogP contribution in [0.1, 0.15) is 31.7 Å². The minimum absolute atomic E-state index is 0.261. The largest absolute Gasteiger partial charge is 0.481 e. The first-order chi connectivity index (χ1) is 10.4. The number of amides is 1. The molecule has 1 aromatic rings. The maximum absolute atomic E-state index is 11.6. The van der Waals surface area contributed by atoms with E-state index in [1.165, 1.54) is 0 Å². The van der Waals surface area contributed by atoms with Gasteiger partial charge in [0, 0.05) is 0 Å². The number of carboxylic acid groups (broad SMARTS) is 2. The highest BCUT2D eigenvalue weighted by Gasteiger charge is 2.23. The van der Waals surface area contributed by atoms with E-state index in [1.807, 2.05) is 17.4 Å². The molecule has 7 nitrogen and oxygen atoms in total. The number of aryl methyl sites for hydroxylation is 1. The molecule has 0 aromatic heterocycles. The molecule has 1 amide bonds. The maximum atomic E-state index is 11.6. The van der Waals surface area contributed by atoms with Gasteiger partial charge in [-0.15, -0.1) is 0 Å². The van der Waals surface area contributed by atoms with E-state index in [0.717, 1.165) is 24.8 Å². The average molecular weight is 309 g/mol. The summed E-state index contributed by atoms with van der Waals surface area (Å²) in [4.78, 5) is 32.9. The van der Waals surface area contributed by atoms with Gasteiger partial charge >= 0.3 is 18.0 Å². The molecule has 1 aromatic carbocycles. The van der Waals surface area contributed by atoms with Gasteiger partial charge in [0.25, 0.3) is 0 Å². The molecule has 0 spiro atoms. The number of carbonyl (C=O) groups excluding carboxylic acids is 1. The summed E-state index contributed by atoms with van der Waals surface area (Å²) in [6.07, 6.45) is 1.36. The average Bonchev–Trinajstić information content (AvgIpc) is 2.45. The first-order valence-corrected chi connectivity index (χ1v) is 6.94. The van der Waals surface area contributed by atoms with Crippen LogP contribution in [0.4, 0.5) is 4.79 Å². The van der Waals surface area contributed by atoms with Gasteiger partial charge < -0.3 is 20.3 Å². The lowest BCUT2D eigenvalue weighted by molar-refractivity contribution is -0.145. The second-order valence-electron chi connectivity index (χ2n) is 4.77. The third-order valence-electron chi connectivity index (χ3n) is 2.92. The van der Waals surface area contributed by atoms with Gasteiger partial charge in [0.15, 0.2) is 0 Å². The fourth-order valence-corrected chi connectivity index (χ4v) is 1.76. The predicted octanol–water partition coefficient (Wildman–Crippen LogP) is 2.05. The van der Waals surface area contributed by atoms with Crippen molar-refractivity contribution in [2.24, 2.45) is 0 Å². The minimum Gasteiger partial charge on any atom is -0.481 e. The standard InChI is InChI=1S/C15H19NO6/c1-2-3-4-10-5-7-11(8-6-10)22-15(21)16-12(14(19)20)9-13(17)18/h5-8,12H,2-4,9H2,1H3,(H,16,21)(H,17,18)(H,19,20). The number of hydrogen-bond acceptors (Lipinski definition) is 4. The van der Waals surface area contributed by atoms with Crippen LogP contribution >= 0.6 is 0 Å². The van der Waals surface area contributed by atoms with Crippen molar-refractivity contribution in [1.82, 2.24) is 5.32 Å². The van der Waals surface area contributed by atoms with Gasteiger partial charge in [-0.2, -0.15) is 0 Å². The number of nitrogens with one attached hydrogen (secondary N) is 1. The van der Waals surface area contributed by atoms with E-state index in [9.17, 15) is 14.4 Å². The summed E-state index contributed by atoms with van der Waals surface area (Å²) < 4.78 is 4.93. The zero-order valence-corrected chi connectivity index (χ0v) is 12.2. The topological polar surface area (TPSA) is 113 Å². The summed E-state index contributed by atoms with van der Waals surface area (Å²) in [7, 11) is 0. The minimum atomic E-state index is -1.53. The Labute approximate surface area is 127 Å². The van der Waals surface area contributed by atoms with Crippen LogP contribution in [0.25, 0.3) is 0 Å². The summed E-state index contributed by atoms with van der Waals surface area (Å²) in [6.45, 7) is 2.10. The van der Waals surface area contributed by atoms with Crippen LogP contribution in [0.15, 0.2) is 24.3 Å². The fourth-order valence-electron chi connectivity index (χ4n) is 1.76. The first-order valence-electron chi connectivity index (χ1n) is 6.94. The molecule has 3 N–H and O–H groups in total. The Hall–Kier alpha value is -2.57. The highest BCUT2D eigenvalue weighted by atomic mass is 16.6. The molecule has 22 heavy (non-hydrogen) atoms. The van der Waals surface area contributed by atoms with Crippen LogP contribution in [0.3, 0.4) is 0 Å². The van der Waals surface area contributed by atoms with Gasteiger partial charge in [-0.05, 0) is 30.5 Å². The quantitative estimate of drug-likeness (QED) is 0.677. The summed E-state index contributed by atoms with van der Waals surface area (Å²) in [5.41, 5.74) is 1.11. The Morgan fingerprint density at radius 2 is 1.82 bits per heavy atom. The Kier molecular flexibility index (Phi) is 6.88. The number of unbranched alkanes of at least 4 members (excludes halogenated alkanes) is 1. The van der Waals surface area contributed by atoms with E-state index in [-0.39, 0.29) is 5.75 Å². The van der Waals surface area contributed by atoms with Gasteiger partial charge in [0.05, 0.1) is 6.42 Å². The molecule has 0 saturated carbocycles.